The highest BCUT2D eigenvalue weighted by atomic mass is 15.1. The maximum Gasteiger partial charge on any atom is 0.0173 e. The van der Waals surface area contributed by atoms with Crippen LogP contribution >= 0.6 is 0 Å². The lowest BCUT2D eigenvalue weighted by Gasteiger charge is -2.24. The first kappa shape index (κ1) is 59.3. The molecular formula is C58H118N2. The second-order valence-electron chi connectivity index (χ2n) is 19.9. The van der Waals surface area contributed by atoms with Gasteiger partial charge in [-0.2, -0.15) is 0 Å². The predicted molar refractivity (Wildman–Crippen MR) is 277 cm³/mol. The molecular weight excluding hydrogens is 725 g/mol. The van der Waals surface area contributed by atoms with Gasteiger partial charge in [-0.05, 0) is 25.7 Å². The molecule has 0 fully saturated rings. The Morgan fingerprint density at radius 2 is 0.300 bits per heavy atom. The van der Waals surface area contributed by atoms with Crippen molar-refractivity contribution in [3.8, 4) is 0 Å². The van der Waals surface area contributed by atoms with E-state index in [-0.39, 0.29) is 0 Å². The van der Waals surface area contributed by atoms with Crippen LogP contribution in [0.4, 0.5) is 0 Å². The average molecular weight is 844 g/mol. The fraction of sp³-hybridized carbons (Fsp3) is 0.966. The molecule has 0 aromatic rings. The van der Waals surface area contributed by atoms with E-state index in [1.807, 2.05) is 0 Å². The summed E-state index contributed by atoms with van der Waals surface area (Å²) < 4.78 is 0. The first-order chi connectivity index (χ1) is 29.8. The van der Waals surface area contributed by atoms with Gasteiger partial charge in [0.15, 0.2) is 0 Å². The molecule has 2 nitrogen and oxygen atoms in total. The monoisotopic (exact) mass is 843 g/mol. The van der Waals surface area contributed by atoms with E-state index in [1.54, 1.807) is 0 Å². The van der Waals surface area contributed by atoms with Crippen molar-refractivity contribution < 1.29 is 0 Å². The summed E-state index contributed by atoms with van der Waals surface area (Å²) >= 11 is 0. The van der Waals surface area contributed by atoms with Gasteiger partial charge in [-0.3, -0.25) is 0 Å². The van der Waals surface area contributed by atoms with Crippen LogP contribution in [0.2, 0.25) is 0 Å². The maximum atomic E-state index is 2.65. The number of hydrogen-bond donors (Lipinski definition) is 0. The molecule has 0 bridgehead atoms. The standard InChI is InChI=1S/C58H118N2/c1-5-9-13-15-17-19-21-23-25-27-29-31-33-35-37-39-41-43-45-47-49-51-55-59(53-11-7-3)57-58-60(54-12-8-4)56-52-50-48-46-44-42-40-38-36-34-32-30-28-26-24-22-20-18-16-14-10-6-2/h57-58H,5-56H2,1-4H3. The van der Waals surface area contributed by atoms with Gasteiger partial charge >= 0.3 is 0 Å². The van der Waals surface area contributed by atoms with Crippen molar-refractivity contribution in [2.24, 2.45) is 0 Å². The fourth-order valence-corrected chi connectivity index (χ4v) is 9.28. The molecule has 0 aliphatic rings. The Bertz CT molecular complexity index is 700. The molecule has 60 heavy (non-hydrogen) atoms. The second kappa shape index (κ2) is 54.5. The molecule has 0 N–H and O–H groups in total. The fourth-order valence-electron chi connectivity index (χ4n) is 9.28. The van der Waals surface area contributed by atoms with Gasteiger partial charge in [-0.25, -0.2) is 0 Å². The molecule has 0 aromatic heterocycles. The summed E-state index contributed by atoms with van der Waals surface area (Å²) in [7, 11) is 0. The molecule has 0 saturated carbocycles. The van der Waals surface area contributed by atoms with E-state index in [2.05, 4.69) is 49.9 Å². The van der Waals surface area contributed by atoms with Gasteiger partial charge in [0.2, 0.25) is 0 Å². The number of hydrogen-bond acceptors (Lipinski definition) is 2. The van der Waals surface area contributed by atoms with Crippen LogP contribution < -0.4 is 0 Å². The molecule has 0 amide bonds. The van der Waals surface area contributed by atoms with Crippen LogP contribution in [0.3, 0.4) is 0 Å². The van der Waals surface area contributed by atoms with Crippen LogP contribution in [-0.2, 0) is 0 Å². The molecule has 0 saturated heterocycles. The van der Waals surface area contributed by atoms with Crippen molar-refractivity contribution in [1.29, 1.82) is 0 Å². The van der Waals surface area contributed by atoms with Crippen molar-refractivity contribution in [3.63, 3.8) is 0 Å². The van der Waals surface area contributed by atoms with Gasteiger partial charge in [0.25, 0.3) is 0 Å². The van der Waals surface area contributed by atoms with Crippen molar-refractivity contribution in [2.45, 2.75) is 336 Å². The van der Waals surface area contributed by atoms with Crippen molar-refractivity contribution >= 4 is 0 Å². The summed E-state index contributed by atoms with van der Waals surface area (Å²) in [4.78, 5) is 5.30. The largest absolute Gasteiger partial charge is 0.376 e. The quantitative estimate of drug-likeness (QED) is 0.0563. The Morgan fingerprint density at radius 1 is 0.167 bits per heavy atom. The first-order valence-corrected chi connectivity index (χ1v) is 28.9. The molecule has 2 heteroatoms. The lowest BCUT2D eigenvalue weighted by molar-refractivity contribution is 0.322. The van der Waals surface area contributed by atoms with E-state index in [9.17, 15) is 0 Å². The van der Waals surface area contributed by atoms with E-state index >= 15 is 0 Å². The predicted octanol–water partition coefficient (Wildman–Crippen LogP) is 20.9. The Morgan fingerprint density at radius 3 is 0.467 bits per heavy atom. The zero-order valence-electron chi connectivity index (χ0n) is 42.8. The van der Waals surface area contributed by atoms with E-state index < -0.39 is 0 Å². The van der Waals surface area contributed by atoms with E-state index in [0.717, 1.165) is 0 Å². The van der Waals surface area contributed by atoms with Gasteiger partial charge in [0.1, 0.15) is 0 Å². The molecule has 0 heterocycles. The minimum atomic E-state index is 1.23. The van der Waals surface area contributed by atoms with Crippen molar-refractivity contribution in [2.75, 3.05) is 26.2 Å². The molecule has 0 rings (SSSR count). The number of unbranched alkanes of at least 4 members (excludes halogenated alkanes) is 44. The Kier molecular flexibility index (Phi) is 53.9. The maximum absolute atomic E-state index is 2.65. The molecule has 0 spiro atoms. The molecule has 360 valence electrons. The lowest BCUT2D eigenvalue weighted by atomic mass is 10.0. The zero-order valence-corrected chi connectivity index (χ0v) is 42.8. The Labute approximate surface area is 382 Å². The van der Waals surface area contributed by atoms with Crippen LogP contribution in [0.25, 0.3) is 0 Å². The average Bonchev–Trinajstić information content (AvgIpc) is 3.26. The minimum Gasteiger partial charge on any atom is -0.376 e. The van der Waals surface area contributed by atoms with Gasteiger partial charge in [0, 0.05) is 38.6 Å². The smallest absolute Gasteiger partial charge is 0.0173 e. The SMILES string of the molecule is CCCCCCCCCCCCCCCCCCCCCCCCN(C=CN(CCCC)CCCCCCCCCCCCCCCCCCCCCCCC)CCCC. The summed E-state index contributed by atoms with van der Waals surface area (Å²) in [5, 5.41) is 0. The van der Waals surface area contributed by atoms with Gasteiger partial charge in [-0.1, -0.05) is 310 Å². The minimum absolute atomic E-state index is 1.23. The van der Waals surface area contributed by atoms with Crippen LogP contribution in [-0.4, -0.2) is 36.0 Å². The van der Waals surface area contributed by atoms with Gasteiger partial charge in [-0.15, -0.1) is 0 Å². The van der Waals surface area contributed by atoms with Crippen LogP contribution in [0.1, 0.15) is 336 Å². The lowest BCUT2D eigenvalue weighted by Crippen LogP contribution is -2.24. The van der Waals surface area contributed by atoms with Gasteiger partial charge in [0.05, 0.1) is 0 Å². The Hall–Kier alpha value is -0.660. The summed E-state index contributed by atoms with van der Waals surface area (Å²) in [6.07, 6.45) is 74.4. The molecule has 0 atom stereocenters. The third kappa shape index (κ3) is 50.0. The van der Waals surface area contributed by atoms with Crippen LogP contribution in [0.15, 0.2) is 12.4 Å². The third-order valence-electron chi connectivity index (χ3n) is 13.7. The van der Waals surface area contributed by atoms with Crippen LogP contribution in [0.5, 0.6) is 0 Å². The first-order valence-electron chi connectivity index (χ1n) is 28.9. The molecule has 0 unspecified atom stereocenters. The topological polar surface area (TPSA) is 6.48 Å². The second-order valence-corrected chi connectivity index (χ2v) is 19.9. The molecule has 0 aliphatic heterocycles. The summed E-state index contributed by atoms with van der Waals surface area (Å²) in [6.45, 7) is 14.3. The van der Waals surface area contributed by atoms with Crippen molar-refractivity contribution in [3.05, 3.63) is 12.4 Å². The molecule has 0 aliphatic carbocycles. The summed E-state index contributed by atoms with van der Waals surface area (Å²) in [5.41, 5.74) is 0. The van der Waals surface area contributed by atoms with E-state index in [1.165, 1.54) is 334 Å². The van der Waals surface area contributed by atoms with Crippen LogP contribution in [0, 0.1) is 0 Å². The summed E-state index contributed by atoms with van der Waals surface area (Å²) in [6, 6.07) is 0. The number of nitrogens with zero attached hydrogens (tertiary/aromatic N) is 2. The van der Waals surface area contributed by atoms with Crippen molar-refractivity contribution in [1.82, 2.24) is 9.80 Å². The van der Waals surface area contributed by atoms with Gasteiger partial charge < -0.3 is 9.80 Å². The molecule has 0 radical (unpaired) electrons. The van der Waals surface area contributed by atoms with E-state index in [4.69, 9.17) is 0 Å². The molecule has 0 aromatic carbocycles. The highest BCUT2D eigenvalue weighted by Gasteiger charge is 2.04. The highest BCUT2D eigenvalue weighted by Crippen LogP contribution is 2.18. The Balaban J connectivity index is 3.79. The third-order valence-corrected chi connectivity index (χ3v) is 13.7. The summed E-state index contributed by atoms with van der Waals surface area (Å²) in [5.74, 6) is 0. The normalized spacial score (nSPS) is 11.7. The van der Waals surface area contributed by atoms with E-state index in [0.29, 0.717) is 0 Å². The zero-order chi connectivity index (χ0) is 43.3. The highest BCUT2D eigenvalue weighted by molar-refractivity contribution is 4.83. The number of rotatable bonds is 54.